The largest absolute Gasteiger partial charge is 0.371 e. The van der Waals surface area contributed by atoms with Gasteiger partial charge in [0.15, 0.2) is 0 Å². The number of nitrogens with two attached hydrogens (primary N) is 1. The molecule has 0 saturated heterocycles. The van der Waals surface area contributed by atoms with Gasteiger partial charge in [0.05, 0.1) is 0 Å². The summed E-state index contributed by atoms with van der Waals surface area (Å²) in [6, 6.07) is 23.0. The molecular weight excluding hydrogens is 463 g/mol. The van der Waals surface area contributed by atoms with Crippen LogP contribution < -0.4 is 11.1 Å². The number of halogens is 3. The standard InChI is InChI=1S/C26H27Cl3N2O/c1-17(16-26(2,25(30)32)31-23-13-11-22(29)12-14-23)24(19-5-9-21(28)10-6-19)15-18-3-7-20(27)8-4-18/h3-14,17,24,31H,15-16H2,1-2H3,(H2,30,32). The molecule has 0 bridgehead atoms. The minimum atomic E-state index is -0.933. The molecular formula is C26H27Cl3N2O. The van der Waals surface area contributed by atoms with Gasteiger partial charge in [0.2, 0.25) is 5.91 Å². The number of nitrogens with one attached hydrogen (secondary N) is 1. The summed E-state index contributed by atoms with van der Waals surface area (Å²) in [5.74, 6) is -0.121. The Kier molecular flexibility index (Phi) is 8.10. The van der Waals surface area contributed by atoms with Crippen molar-refractivity contribution in [3.63, 3.8) is 0 Å². The van der Waals surface area contributed by atoms with E-state index in [0.717, 1.165) is 17.7 Å². The van der Waals surface area contributed by atoms with Gasteiger partial charge in [0, 0.05) is 20.8 Å². The second-order valence-corrected chi connectivity index (χ2v) is 9.81. The van der Waals surface area contributed by atoms with Crippen LogP contribution >= 0.6 is 34.8 Å². The monoisotopic (exact) mass is 488 g/mol. The topological polar surface area (TPSA) is 55.1 Å². The van der Waals surface area contributed by atoms with Crippen molar-refractivity contribution in [3.05, 3.63) is 99.0 Å². The van der Waals surface area contributed by atoms with E-state index in [2.05, 4.69) is 12.2 Å². The van der Waals surface area contributed by atoms with Gasteiger partial charge in [-0.25, -0.2) is 0 Å². The van der Waals surface area contributed by atoms with Gasteiger partial charge in [-0.3, -0.25) is 4.79 Å². The summed E-state index contributed by atoms with van der Waals surface area (Å²) in [6.45, 7) is 4.00. The molecule has 0 aliphatic carbocycles. The third-order valence-electron chi connectivity index (χ3n) is 5.89. The van der Waals surface area contributed by atoms with Crippen LogP contribution in [0.5, 0.6) is 0 Å². The first-order valence-corrected chi connectivity index (χ1v) is 11.6. The molecule has 3 unspecified atom stereocenters. The molecule has 3 aromatic rings. The molecule has 3 rings (SSSR count). The SMILES string of the molecule is CC(CC(C)(Nc1ccc(Cl)cc1)C(N)=O)C(Cc1ccc(Cl)cc1)c1ccc(Cl)cc1. The smallest absolute Gasteiger partial charge is 0.242 e. The fourth-order valence-corrected chi connectivity index (χ4v) is 4.46. The molecule has 0 saturated carbocycles. The highest BCUT2D eigenvalue weighted by atomic mass is 35.5. The van der Waals surface area contributed by atoms with Crippen LogP contribution in [-0.4, -0.2) is 11.4 Å². The third kappa shape index (κ3) is 6.41. The zero-order valence-corrected chi connectivity index (χ0v) is 20.4. The summed E-state index contributed by atoms with van der Waals surface area (Å²) >= 11 is 18.2. The normalized spacial score (nSPS) is 14.9. The number of anilines is 1. The van der Waals surface area contributed by atoms with Gasteiger partial charge in [-0.2, -0.15) is 0 Å². The molecule has 6 heteroatoms. The number of amides is 1. The molecule has 3 N–H and O–H groups in total. The lowest BCUT2D eigenvalue weighted by Crippen LogP contribution is -2.49. The van der Waals surface area contributed by atoms with Gasteiger partial charge in [-0.1, -0.05) is 66.0 Å². The van der Waals surface area contributed by atoms with Crippen LogP contribution in [0, 0.1) is 5.92 Å². The summed E-state index contributed by atoms with van der Waals surface area (Å²) < 4.78 is 0. The highest BCUT2D eigenvalue weighted by Gasteiger charge is 2.35. The van der Waals surface area contributed by atoms with Crippen LogP contribution in [0.2, 0.25) is 15.1 Å². The average Bonchev–Trinajstić information content (AvgIpc) is 2.75. The Balaban J connectivity index is 1.88. The molecule has 1 amide bonds. The van der Waals surface area contributed by atoms with E-state index < -0.39 is 11.4 Å². The first-order valence-electron chi connectivity index (χ1n) is 10.5. The predicted molar refractivity (Wildman–Crippen MR) is 136 cm³/mol. The molecule has 3 nitrogen and oxygen atoms in total. The molecule has 32 heavy (non-hydrogen) atoms. The Morgan fingerprint density at radius 1 is 0.875 bits per heavy atom. The van der Waals surface area contributed by atoms with Crippen molar-refractivity contribution in [2.75, 3.05) is 5.32 Å². The van der Waals surface area contributed by atoms with Crippen LogP contribution in [0.1, 0.15) is 37.3 Å². The molecule has 3 aromatic carbocycles. The van der Waals surface area contributed by atoms with E-state index in [1.54, 1.807) is 12.1 Å². The van der Waals surface area contributed by atoms with E-state index in [1.807, 2.05) is 67.6 Å². The number of rotatable bonds is 9. The number of carbonyl (C=O) groups excluding carboxylic acids is 1. The lowest BCUT2D eigenvalue weighted by molar-refractivity contribution is -0.122. The predicted octanol–water partition coefficient (Wildman–Crippen LogP) is 7.36. The van der Waals surface area contributed by atoms with Crippen molar-refractivity contribution in [3.8, 4) is 0 Å². The molecule has 0 aliphatic rings. The van der Waals surface area contributed by atoms with Crippen molar-refractivity contribution in [1.29, 1.82) is 0 Å². The summed E-state index contributed by atoms with van der Waals surface area (Å²) in [5, 5.41) is 5.36. The van der Waals surface area contributed by atoms with E-state index in [-0.39, 0.29) is 11.8 Å². The van der Waals surface area contributed by atoms with Gasteiger partial charge in [0.1, 0.15) is 5.54 Å². The average molecular weight is 490 g/mol. The second-order valence-electron chi connectivity index (χ2n) is 8.50. The van der Waals surface area contributed by atoms with E-state index in [1.165, 1.54) is 5.56 Å². The first-order chi connectivity index (χ1) is 15.2. The minimum Gasteiger partial charge on any atom is -0.371 e. The Morgan fingerprint density at radius 3 is 1.84 bits per heavy atom. The van der Waals surface area contributed by atoms with Gasteiger partial charge >= 0.3 is 0 Å². The molecule has 0 spiro atoms. The lowest BCUT2D eigenvalue weighted by atomic mass is 9.76. The number of hydrogen-bond acceptors (Lipinski definition) is 2. The van der Waals surface area contributed by atoms with Crippen molar-refractivity contribution in [1.82, 2.24) is 0 Å². The molecule has 0 radical (unpaired) electrons. The third-order valence-corrected chi connectivity index (χ3v) is 6.65. The van der Waals surface area contributed by atoms with Crippen molar-refractivity contribution < 1.29 is 4.79 Å². The molecule has 0 aromatic heterocycles. The van der Waals surface area contributed by atoms with Gasteiger partial charge in [-0.15, -0.1) is 0 Å². The number of primary amides is 1. The van der Waals surface area contributed by atoms with Crippen LogP contribution in [0.3, 0.4) is 0 Å². The lowest BCUT2D eigenvalue weighted by Gasteiger charge is -2.35. The summed E-state index contributed by atoms with van der Waals surface area (Å²) in [5.41, 5.74) is 8.06. The maximum atomic E-state index is 12.5. The van der Waals surface area contributed by atoms with Crippen molar-refractivity contribution in [2.24, 2.45) is 11.7 Å². The van der Waals surface area contributed by atoms with E-state index in [4.69, 9.17) is 40.5 Å². The maximum Gasteiger partial charge on any atom is 0.242 e. The zero-order valence-electron chi connectivity index (χ0n) is 18.1. The van der Waals surface area contributed by atoms with Gasteiger partial charge in [-0.05, 0) is 91.3 Å². The summed E-state index contributed by atoms with van der Waals surface area (Å²) in [4.78, 5) is 12.5. The van der Waals surface area contributed by atoms with Crippen molar-refractivity contribution >= 4 is 46.4 Å². The van der Waals surface area contributed by atoms with Crippen LogP contribution in [0.4, 0.5) is 5.69 Å². The first kappa shape index (κ1) is 24.4. The van der Waals surface area contributed by atoms with Gasteiger partial charge in [0.25, 0.3) is 0 Å². The Hall–Kier alpha value is -2.20. The highest BCUT2D eigenvalue weighted by Crippen LogP contribution is 2.36. The molecule has 168 valence electrons. The molecule has 0 fully saturated rings. The van der Waals surface area contributed by atoms with E-state index in [0.29, 0.717) is 21.5 Å². The zero-order chi connectivity index (χ0) is 23.3. The highest BCUT2D eigenvalue weighted by molar-refractivity contribution is 6.31. The van der Waals surface area contributed by atoms with E-state index >= 15 is 0 Å². The Morgan fingerprint density at radius 2 is 1.34 bits per heavy atom. The maximum absolute atomic E-state index is 12.5. The Labute approximate surface area is 204 Å². The summed E-state index contributed by atoms with van der Waals surface area (Å²) in [6.07, 6.45) is 1.35. The fourth-order valence-electron chi connectivity index (χ4n) is 4.08. The molecule has 3 atom stereocenters. The van der Waals surface area contributed by atoms with Crippen LogP contribution in [0.25, 0.3) is 0 Å². The fraction of sp³-hybridized carbons (Fsp3) is 0.269. The summed E-state index contributed by atoms with van der Waals surface area (Å²) in [7, 11) is 0. The van der Waals surface area contributed by atoms with Crippen LogP contribution in [0.15, 0.2) is 72.8 Å². The number of carbonyl (C=O) groups is 1. The molecule has 0 heterocycles. The Bertz CT molecular complexity index is 1040. The van der Waals surface area contributed by atoms with Crippen LogP contribution in [-0.2, 0) is 11.2 Å². The van der Waals surface area contributed by atoms with E-state index in [9.17, 15) is 4.79 Å². The molecule has 0 aliphatic heterocycles. The quantitative estimate of drug-likeness (QED) is 0.330. The van der Waals surface area contributed by atoms with Gasteiger partial charge < -0.3 is 11.1 Å². The number of hydrogen-bond donors (Lipinski definition) is 2. The second kappa shape index (κ2) is 10.6. The minimum absolute atomic E-state index is 0.129. The van der Waals surface area contributed by atoms with Crippen molar-refractivity contribution in [2.45, 2.75) is 38.1 Å². The number of benzene rings is 3.